The molecule has 0 bridgehead atoms. The van der Waals surface area contributed by atoms with Crippen molar-refractivity contribution in [3.63, 3.8) is 0 Å². The Morgan fingerprint density at radius 2 is 1.54 bits per heavy atom. The van der Waals surface area contributed by atoms with E-state index in [4.69, 9.17) is 34.8 Å². The van der Waals surface area contributed by atoms with Crippen LogP contribution in [-0.4, -0.2) is 35.3 Å². The summed E-state index contributed by atoms with van der Waals surface area (Å²) >= 11 is 17.9. The second-order valence-corrected chi connectivity index (χ2v) is 6.89. The Bertz CT molecular complexity index is 798. The number of hydrogen-bond donors (Lipinski definition) is 0. The van der Waals surface area contributed by atoms with E-state index in [0.717, 1.165) is 5.56 Å². The van der Waals surface area contributed by atoms with Crippen LogP contribution in [0.1, 0.15) is 26.3 Å². The molecule has 0 unspecified atom stereocenters. The van der Waals surface area contributed by atoms with Gasteiger partial charge >= 0.3 is 0 Å². The Labute approximate surface area is 154 Å². The molecular weight excluding hydrogens is 371 g/mol. The van der Waals surface area contributed by atoms with E-state index in [2.05, 4.69) is 0 Å². The highest BCUT2D eigenvalue weighted by molar-refractivity contribution is 6.43. The van der Waals surface area contributed by atoms with Crippen molar-refractivity contribution in [1.82, 2.24) is 9.80 Å². The normalized spacial score (nSPS) is 13.8. The van der Waals surface area contributed by atoms with Crippen molar-refractivity contribution in [2.45, 2.75) is 6.54 Å². The zero-order chi connectivity index (χ0) is 17.4. The average Bonchev–Trinajstić information content (AvgIpc) is 2.73. The SMILES string of the molecule is CN(Cc1cccc(Cl)c1)CN1C(=O)c2cc(Cl)c(Cl)cc2C1=O. The number of hydrogen-bond acceptors (Lipinski definition) is 3. The van der Waals surface area contributed by atoms with Gasteiger partial charge in [-0.2, -0.15) is 0 Å². The second-order valence-electron chi connectivity index (χ2n) is 5.64. The molecule has 3 rings (SSSR count). The fraction of sp³-hybridized carbons (Fsp3) is 0.176. The summed E-state index contributed by atoms with van der Waals surface area (Å²) < 4.78 is 0. The van der Waals surface area contributed by atoms with Crippen molar-refractivity contribution in [3.8, 4) is 0 Å². The molecule has 1 heterocycles. The average molecular weight is 384 g/mol. The van der Waals surface area contributed by atoms with Crippen LogP contribution in [0.3, 0.4) is 0 Å². The van der Waals surface area contributed by atoms with Crippen molar-refractivity contribution in [2.24, 2.45) is 0 Å². The first kappa shape index (κ1) is 17.2. The number of fused-ring (bicyclic) bond motifs is 1. The van der Waals surface area contributed by atoms with Crippen molar-refractivity contribution < 1.29 is 9.59 Å². The van der Waals surface area contributed by atoms with Crippen LogP contribution < -0.4 is 0 Å². The summed E-state index contributed by atoms with van der Waals surface area (Å²) in [6.07, 6.45) is 0. The fourth-order valence-electron chi connectivity index (χ4n) is 2.65. The van der Waals surface area contributed by atoms with Crippen molar-refractivity contribution in [3.05, 3.63) is 68.2 Å². The van der Waals surface area contributed by atoms with Crippen LogP contribution in [-0.2, 0) is 6.54 Å². The van der Waals surface area contributed by atoms with E-state index in [9.17, 15) is 9.59 Å². The minimum Gasteiger partial charge on any atom is -0.284 e. The van der Waals surface area contributed by atoms with Gasteiger partial charge in [0.15, 0.2) is 0 Å². The molecule has 2 aromatic rings. The highest BCUT2D eigenvalue weighted by Crippen LogP contribution is 2.31. The lowest BCUT2D eigenvalue weighted by atomic mass is 10.1. The first-order valence-electron chi connectivity index (χ1n) is 7.15. The molecule has 0 aromatic heterocycles. The first-order valence-corrected chi connectivity index (χ1v) is 8.28. The maximum absolute atomic E-state index is 12.5. The number of carbonyl (C=O) groups is 2. The lowest BCUT2D eigenvalue weighted by Crippen LogP contribution is -2.39. The van der Waals surface area contributed by atoms with Gasteiger partial charge in [-0.15, -0.1) is 0 Å². The Balaban J connectivity index is 1.76. The zero-order valence-corrected chi connectivity index (χ0v) is 15.0. The van der Waals surface area contributed by atoms with Gasteiger partial charge in [-0.3, -0.25) is 19.4 Å². The summed E-state index contributed by atoms with van der Waals surface area (Å²) in [5.74, 6) is -0.738. The lowest BCUT2D eigenvalue weighted by molar-refractivity contribution is 0.0559. The third-order valence-corrected chi connectivity index (χ3v) is 4.69. The standard InChI is InChI=1S/C17H13Cl3N2O2/c1-21(8-10-3-2-4-11(18)5-10)9-22-16(23)12-6-14(19)15(20)7-13(12)17(22)24/h2-7H,8-9H2,1H3. The smallest absolute Gasteiger partial charge is 0.262 e. The van der Waals surface area contributed by atoms with E-state index in [1.807, 2.05) is 30.1 Å². The number of rotatable bonds is 4. The summed E-state index contributed by atoms with van der Waals surface area (Å²) in [6.45, 7) is 0.712. The van der Waals surface area contributed by atoms with Gasteiger partial charge in [-0.25, -0.2) is 0 Å². The van der Waals surface area contributed by atoms with E-state index in [1.54, 1.807) is 6.07 Å². The highest BCUT2D eigenvalue weighted by atomic mass is 35.5. The molecule has 0 saturated carbocycles. The molecular formula is C17H13Cl3N2O2. The minimum absolute atomic E-state index is 0.161. The van der Waals surface area contributed by atoms with Crippen LogP contribution in [0, 0.1) is 0 Å². The Kier molecular flexibility index (Phi) is 4.83. The van der Waals surface area contributed by atoms with Crippen LogP contribution in [0.15, 0.2) is 36.4 Å². The molecule has 1 aliphatic rings. The summed E-state index contributed by atoms with van der Waals surface area (Å²) in [6, 6.07) is 10.3. The Hall–Kier alpha value is -1.59. The lowest BCUT2D eigenvalue weighted by Gasteiger charge is -2.22. The maximum atomic E-state index is 12.5. The van der Waals surface area contributed by atoms with E-state index < -0.39 is 0 Å². The molecule has 1 aliphatic heterocycles. The van der Waals surface area contributed by atoms with Crippen LogP contribution >= 0.6 is 34.8 Å². The second kappa shape index (κ2) is 6.73. The maximum Gasteiger partial charge on any atom is 0.262 e. The number of imide groups is 1. The van der Waals surface area contributed by atoms with Gasteiger partial charge in [0.25, 0.3) is 11.8 Å². The number of benzene rings is 2. The van der Waals surface area contributed by atoms with Gasteiger partial charge in [0.2, 0.25) is 0 Å². The molecule has 0 atom stereocenters. The Morgan fingerprint density at radius 3 is 2.08 bits per heavy atom. The molecule has 0 saturated heterocycles. The number of amides is 2. The number of nitrogens with zero attached hydrogens (tertiary/aromatic N) is 2. The largest absolute Gasteiger partial charge is 0.284 e. The van der Waals surface area contributed by atoms with Gasteiger partial charge in [0, 0.05) is 11.6 Å². The predicted molar refractivity (Wildman–Crippen MR) is 94.7 cm³/mol. The fourth-order valence-corrected chi connectivity index (χ4v) is 3.19. The van der Waals surface area contributed by atoms with Gasteiger partial charge in [-0.05, 0) is 36.9 Å². The third-order valence-electron chi connectivity index (χ3n) is 3.74. The third kappa shape index (κ3) is 3.28. The van der Waals surface area contributed by atoms with Gasteiger partial charge < -0.3 is 0 Å². The zero-order valence-electron chi connectivity index (χ0n) is 12.7. The molecule has 2 amide bonds. The molecule has 24 heavy (non-hydrogen) atoms. The predicted octanol–water partition coefficient (Wildman–Crippen LogP) is 4.33. The van der Waals surface area contributed by atoms with Crippen LogP contribution in [0.4, 0.5) is 0 Å². The monoisotopic (exact) mass is 382 g/mol. The van der Waals surface area contributed by atoms with Crippen molar-refractivity contribution in [1.29, 1.82) is 0 Å². The van der Waals surface area contributed by atoms with Gasteiger partial charge in [0.1, 0.15) is 0 Å². The molecule has 0 N–H and O–H groups in total. The highest BCUT2D eigenvalue weighted by Gasteiger charge is 2.36. The molecule has 0 radical (unpaired) electrons. The number of halogens is 3. The van der Waals surface area contributed by atoms with Gasteiger partial charge in [-0.1, -0.05) is 46.9 Å². The van der Waals surface area contributed by atoms with Crippen molar-refractivity contribution in [2.75, 3.05) is 13.7 Å². The molecule has 0 aliphatic carbocycles. The minimum atomic E-state index is -0.369. The number of carbonyl (C=O) groups excluding carboxylic acids is 2. The molecule has 0 spiro atoms. The van der Waals surface area contributed by atoms with Gasteiger partial charge in [0.05, 0.1) is 27.8 Å². The van der Waals surface area contributed by atoms with Crippen LogP contribution in [0.25, 0.3) is 0 Å². The summed E-state index contributed by atoms with van der Waals surface area (Å²) in [5.41, 5.74) is 1.56. The first-order chi connectivity index (χ1) is 11.4. The molecule has 7 heteroatoms. The van der Waals surface area contributed by atoms with E-state index in [0.29, 0.717) is 11.6 Å². The van der Waals surface area contributed by atoms with Crippen molar-refractivity contribution >= 4 is 46.6 Å². The molecule has 0 fully saturated rings. The molecule has 4 nitrogen and oxygen atoms in total. The van der Waals surface area contributed by atoms with E-state index >= 15 is 0 Å². The summed E-state index contributed by atoms with van der Waals surface area (Å²) in [5, 5.41) is 1.15. The van der Waals surface area contributed by atoms with E-state index in [1.165, 1.54) is 17.0 Å². The molecule has 2 aromatic carbocycles. The van der Waals surface area contributed by atoms with Crippen LogP contribution in [0.2, 0.25) is 15.1 Å². The van der Waals surface area contributed by atoms with E-state index in [-0.39, 0.29) is 39.7 Å². The Morgan fingerprint density at radius 1 is 0.958 bits per heavy atom. The quantitative estimate of drug-likeness (QED) is 0.738. The summed E-state index contributed by atoms with van der Waals surface area (Å²) in [7, 11) is 1.82. The van der Waals surface area contributed by atoms with Crippen LogP contribution in [0.5, 0.6) is 0 Å². The topological polar surface area (TPSA) is 40.6 Å². The summed E-state index contributed by atoms with van der Waals surface area (Å²) in [4.78, 5) is 28.0. The molecule has 124 valence electrons.